The SMILES string of the molecule is CCO[C@@H]1O[C@H](CO)[C@@H](O)[C@H](O)[C@]1(O)c1cn(S(=O)(=O)c2ccccc2)c2ccccc12. The molecule has 3 aromatic rings. The summed E-state index contributed by atoms with van der Waals surface area (Å²) in [4.78, 5) is 0.0430. The van der Waals surface area contributed by atoms with Gasteiger partial charge in [-0.15, -0.1) is 0 Å². The van der Waals surface area contributed by atoms with Gasteiger partial charge < -0.3 is 29.9 Å². The summed E-state index contributed by atoms with van der Waals surface area (Å²) in [5.41, 5.74) is -2.05. The van der Waals surface area contributed by atoms with Crippen molar-refractivity contribution in [2.45, 2.75) is 42.0 Å². The molecule has 4 rings (SSSR count). The molecule has 1 aliphatic heterocycles. The Morgan fingerprint density at radius 3 is 2.41 bits per heavy atom. The van der Waals surface area contributed by atoms with Crippen LogP contribution in [0.25, 0.3) is 10.9 Å². The van der Waals surface area contributed by atoms with E-state index in [-0.39, 0.29) is 22.6 Å². The number of hydrogen-bond acceptors (Lipinski definition) is 8. The largest absolute Gasteiger partial charge is 0.394 e. The third kappa shape index (κ3) is 3.44. The molecule has 2 heterocycles. The second kappa shape index (κ2) is 8.56. The van der Waals surface area contributed by atoms with Crippen molar-refractivity contribution < 1.29 is 38.3 Å². The number of aliphatic hydroxyl groups is 4. The standard InChI is InChI=1S/C22H25NO8S/c1-2-30-21-22(27,20(26)19(25)18(13-24)31-21)16-12-23(17-11-7-6-10-15(16)17)32(28,29)14-8-4-3-5-9-14/h3-12,18-21,24-27H,2,13H2,1H3/t18-,19-,20+,21-,22-/m1/s1. The maximum absolute atomic E-state index is 13.4. The Labute approximate surface area is 185 Å². The van der Waals surface area contributed by atoms with Crippen LogP contribution in [0.5, 0.6) is 0 Å². The van der Waals surface area contributed by atoms with Gasteiger partial charge >= 0.3 is 0 Å². The Kier molecular flexibility index (Phi) is 6.12. The Bertz CT molecular complexity index is 1200. The predicted molar refractivity (Wildman–Crippen MR) is 114 cm³/mol. The summed E-state index contributed by atoms with van der Waals surface area (Å²) in [6, 6.07) is 14.3. The molecule has 0 amide bonds. The van der Waals surface area contributed by atoms with Crippen LogP contribution in [-0.2, 0) is 25.1 Å². The zero-order valence-corrected chi connectivity index (χ0v) is 18.1. The van der Waals surface area contributed by atoms with Crippen LogP contribution in [0, 0.1) is 0 Å². The van der Waals surface area contributed by atoms with Crippen LogP contribution in [0.3, 0.4) is 0 Å². The van der Waals surface area contributed by atoms with E-state index in [4.69, 9.17) is 9.47 Å². The monoisotopic (exact) mass is 463 g/mol. The quantitative estimate of drug-likeness (QED) is 0.416. The van der Waals surface area contributed by atoms with Crippen molar-refractivity contribution in [3.05, 3.63) is 66.4 Å². The Hall–Kier alpha value is -2.31. The minimum absolute atomic E-state index is 0.00833. The number of aromatic nitrogens is 1. The lowest BCUT2D eigenvalue weighted by Crippen LogP contribution is -2.65. The van der Waals surface area contributed by atoms with E-state index in [2.05, 4.69) is 0 Å². The number of fused-ring (bicyclic) bond motifs is 1. The molecule has 172 valence electrons. The molecule has 32 heavy (non-hydrogen) atoms. The minimum Gasteiger partial charge on any atom is -0.394 e. The van der Waals surface area contributed by atoms with Crippen LogP contribution in [-0.4, -0.2) is 70.6 Å². The maximum atomic E-state index is 13.4. The summed E-state index contributed by atoms with van der Waals surface area (Å²) in [6.45, 7) is 1.13. The van der Waals surface area contributed by atoms with Crippen molar-refractivity contribution >= 4 is 20.9 Å². The van der Waals surface area contributed by atoms with Gasteiger partial charge in [0.05, 0.1) is 17.0 Å². The second-order valence-corrected chi connectivity index (χ2v) is 9.39. The summed E-state index contributed by atoms with van der Waals surface area (Å²) in [5, 5.41) is 42.9. The lowest BCUT2D eigenvalue weighted by molar-refractivity contribution is -0.346. The van der Waals surface area contributed by atoms with Crippen LogP contribution in [0.2, 0.25) is 0 Å². The van der Waals surface area contributed by atoms with Gasteiger partial charge in [0.25, 0.3) is 10.0 Å². The molecular formula is C22H25NO8S. The third-order valence-corrected chi connectivity index (χ3v) is 7.41. The van der Waals surface area contributed by atoms with Crippen LogP contribution in [0.15, 0.2) is 65.7 Å². The number of aliphatic hydroxyl groups excluding tert-OH is 3. The number of hydrogen-bond donors (Lipinski definition) is 4. The first-order valence-corrected chi connectivity index (χ1v) is 11.6. The van der Waals surface area contributed by atoms with Crippen molar-refractivity contribution in [1.82, 2.24) is 3.97 Å². The van der Waals surface area contributed by atoms with Gasteiger partial charge in [0.2, 0.25) is 0 Å². The van der Waals surface area contributed by atoms with E-state index in [1.807, 2.05) is 0 Å². The summed E-state index contributed by atoms with van der Waals surface area (Å²) >= 11 is 0. The molecule has 1 fully saturated rings. The lowest BCUT2D eigenvalue weighted by atomic mass is 9.80. The van der Waals surface area contributed by atoms with Gasteiger partial charge in [-0.25, -0.2) is 12.4 Å². The van der Waals surface area contributed by atoms with Gasteiger partial charge in [-0.3, -0.25) is 0 Å². The molecule has 0 saturated carbocycles. The smallest absolute Gasteiger partial charge is 0.268 e. The second-order valence-electron chi connectivity index (χ2n) is 7.58. The van der Waals surface area contributed by atoms with Crippen LogP contribution in [0.1, 0.15) is 12.5 Å². The first-order chi connectivity index (χ1) is 15.3. The third-order valence-electron chi connectivity index (χ3n) is 5.72. The average molecular weight is 464 g/mol. The Morgan fingerprint density at radius 2 is 1.75 bits per heavy atom. The van der Waals surface area contributed by atoms with Crippen molar-refractivity contribution in [2.75, 3.05) is 13.2 Å². The van der Waals surface area contributed by atoms with Crippen molar-refractivity contribution in [3.63, 3.8) is 0 Å². The number of benzene rings is 2. The summed E-state index contributed by atoms with van der Waals surface area (Å²) in [7, 11) is -4.05. The van der Waals surface area contributed by atoms with Gasteiger partial charge in [0, 0.05) is 23.8 Å². The first-order valence-electron chi connectivity index (χ1n) is 10.1. The fourth-order valence-corrected chi connectivity index (χ4v) is 5.47. The molecule has 1 aromatic heterocycles. The molecule has 0 aliphatic carbocycles. The zero-order chi connectivity index (χ0) is 23.1. The molecule has 5 atom stereocenters. The molecule has 0 bridgehead atoms. The fraction of sp³-hybridized carbons (Fsp3) is 0.364. The van der Waals surface area contributed by atoms with E-state index < -0.39 is 46.8 Å². The molecule has 10 heteroatoms. The highest BCUT2D eigenvalue weighted by Crippen LogP contribution is 2.43. The molecule has 9 nitrogen and oxygen atoms in total. The predicted octanol–water partition coefficient (Wildman–Crippen LogP) is 0.541. The fourth-order valence-electron chi connectivity index (χ4n) is 4.08. The van der Waals surface area contributed by atoms with Crippen LogP contribution >= 0.6 is 0 Å². The van der Waals surface area contributed by atoms with Gasteiger partial charge in [-0.05, 0) is 25.1 Å². The minimum atomic E-state index is -4.05. The van der Waals surface area contributed by atoms with E-state index in [0.717, 1.165) is 3.97 Å². The van der Waals surface area contributed by atoms with Gasteiger partial charge in [-0.2, -0.15) is 0 Å². The molecule has 0 spiro atoms. The first kappa shape index (κ1) is 22.9. The van der Waals surface area contributed by atoms with E-state index in [1.54, 1.807) is 49.4 Å². The highest BCUT2D eigenvalue weighted by Gasteiger charge is 2.57. The average Bonchev–Trinajstić information content (AvgIpc) is 3.21. The number of para-hydroxylation sites is 1. The topological polar surface area (TPSA) is 138 Å². The Morgan fingerprint density at radius 1 is 1.09 bits per heavy atom. The summed E-state index contributed by atoms with van der Waals surface area (Å²) in [5.74, 6) is 0. The van der Waals surface area contributed by atoms with Gasteiger partial charge in [0.1, 0.15) is 18.3 Å². The lowest BCUT2D eigenvalue weighted by Gasteiger charge is -2.47. The summed E-state index contributed by atoms with van der Waals surface area (Å²) in [6.07, 6.45) is -4.93. The number of ether oxygens (including phenoxy) is 2. The summed E-state index contributed by atoms with van der Waals surface area (Å²) < 4.78 is 38.9. The normalized spacial score (nSPS) is 28.8. The van der Waals surface area contributed by atoms with E-state index >= 15 is 0 Å². The highest BCUT2D eigenvalue weighted by molar-refractivity contribution is 7.90. The highest BCUT2D eigenvalue weighted by atomic mass is 32.2. The maximum Gasteiger partial charge on any atom is 0.268 e. The number of rotatable bonds is 6. The Balaban J connectivity index is 1.95. The van der Waals surface area contributed by atoms with Crippen molar-refractivity contribution in [1.29, 1.82) is 0 Å². The molecule has 4 N–H and O–H groups in total. The van der Waals surface area contributed by atoms with E-state index in [0.29, 0.717) is 5.39 Å². The molecule has 1 saturated heterocycles. The van der Waals surface area contributed by atoms with Crippen molar-refractivity contribution in [3.8, 4) is 0 Å². The van der Waals surface area contributed by atoms with Crippen LogP contribution < -0.4 is 0 Å². The van der Waals surface area contributed by atoms with E-state index in [9.17, 15) is 28.8 Å². The van der Waals surface area contributed by atoms with Crippen molar-refractivity contribution in [2.24, 2.45) is 0 Å². The van der Waals surface area contributed by atoms with E-state index in [1.165, 1.54) is 18.3 Å². The van der Waals surface area contributed by atoms with Gasteiger partial charge in [-0.1, -0.05) is 36.4 Å². The van der Waals surface area contributed by atoms with Gasteiger partial charge in [0.15, 0.2) is 11.9 Å². The zero-order valence-electron chi connectivity index (χ0n) is 17.3. The molecule has 0 radical (unpaired) electrons. The molecule has 1 aliphatic rings. The number of nitrogens with zero attached hydrogens (tertiary/aromatic N) is 1. The molecular weight excluding hydrogens is 438 g/mol. The molecule has 0 unspecified atom stereocenters. The van der Waals surface area contributed by atoms with Crippen LogP contribution in [0.4, 0.5) is 0 Å². The molecule has 2 aromatic carbocycles.